The van der Waals surface area contributed by atoms with E-state index in [-0.39, 0.29) is 0 Å². The van der Waals surface area contributed by atoms with Gasteiger partial charge in [0, 0.05) is 55.9 Å². The van der Waals surface area contributed by atoms with Gasteiger partial charge in [-0.1, -0.05) is 24.3 Å². The van der Waals surface area contributed by atoms with Crippen molar-refractivity contribution in [3.05, 3.63) is 60.0 Å². The van der Waals surface area contributed by atoms with Crippen LogP contribution in [0.4, 0.5) is 5.82 Å². The van der Waals surface area contributed by atoms with Gasteiger partial charge in [0.2, 0.25) is 0 Å². The normalized spacial score (nSPS) is 15.1. The summed E-state index contributed by atoms with van der Waals surface area (Å²) in [6.45, 7) is 4.84. The van der Waals surface area contributed by atoms with Crippen LogP contribution in [0.5, 0.6) is 0 Å². The van der Waals surface area contributed by atoms with Crippen LogP contribution in [0.2, 0.25) is 0 Å². The molecule has 8 nitrogen and oxygen atoms in total. The molecular formula is C24H28N8. The molecule has 3 aromatic heterocycles. The Morgan fingerprint density at radius 1 is 0.969 bits per heavy atom. The molecule has 1 saturated heterocycles. The fourth-order valence-electron chi connectivity index (χ4n) is 4.58. The number of aromatic nitrogens is 6. The molecule has 0 amide bonds. The highest BCUT2D eigenvalue weighted by Crippen LogP contribution is 2.32. The zero-order valence-corrected chi connectivity index (χ0v) is 18.8. The summed E-state index contributed by atoms with van der Waals surface area (Å²) in [5, 5.41) is 24.2. The van der Waals surface area contributed by atoms with Crippen molar-refractivity contribution in [3.8, 4) is 11.4 Å². The predicted octanol–water partition coefficient (Wildman–Crippen LogP) is 3.23. The molecule has 0 saturated carbocycles. The van der Waals surface area contributed by atoms with Gasteiger partial charge < -0.3 is 4.90 Å². The Bertz CT molecular complexity index is 1230. The minimum atomic E-state index is 0.514. The molecule has 1 aromatic carbocycles. The summed E-state index contributed by atoms with van der Waals surface area (Å²) in [5.74, 6) is 0.970. The summed E-state index contributed by atoms with van der Waals surface area (Å²) in [4.78, 5) is 4.78. The third kappa shape index (κ3) is 3.82. The molecule has 0 spiro atoms. The van der Waals surface area contributed by atoms with Crippen molar-refractivity contribution >= 4 is 16.6 Å². The van der Waals surface area contributed by atoms with Crippen molar-refractivity contribution < 1.29 is 0 Å². The lowest BCUT2D eigenvalue weighted by Gasteiger charge is -2.37. The van der Waals surface area contributed by atoms with E-state index in [0.717, 1.165) is 66.1 Å². The van der Waals surface area contributed by atoms with E-state index in [9.17, 15) is 0 Å². The number of benzene rings is 1. The van der Waals surface area contributed by atoms with Crippen LogP contribution in [0.25, 0.3) is 22.2 Å². The number of rotatable bonds is 5. The lowest BCUT2D eigenvalue weighted by molar-refractivity contribution is 0.197. The number of piperidine rings is 1. The Hall–Kier alpha value is -3.39. The molecular weight excluding hydrogens is 400 g/mol. The summed E-state index contributed by atoms with van der Waals surface area (Å²) >= 11 is 0. The molecule has 0 radical (unpaired) electrons. The fraction of sp³-hybridized carbons (Fsp3) is 0.375. The molecule has 0 atom stereocenters. The molecule has 8 heteroatoms. The van der Waals surface area contributed by atoms with E-state index in [0.29, 0.717) is 6.04 Å². The Morgan fingerprint density at radius 2 is 1.75 bits per heavy atom. The Balaban J connectivity index is 1.34. The Kier molecular flexibility index (Phi) is 5.53. The average molecular weight is 429 g/mol. The summed E-state index contributed by atoms with van der Waals surface area (Å²) < 4.78 is 1.84. The van der Waals surface area contributed by atoms with Gasteiger partial charge in [0.1, 0.15) is 5.69 Å². The summed E-state index contributed by atoms with van der Waals surface area (Å²) in [7, 11) is 4.12. The smallest absolute Gasteiger partial charge is 0.159 e. The second-order valence-corrected chi connectivity index (χ2v) is 8.55. The monoisotopic (exact) mass is 428 g/mol. The van der Waals surface area contributed by atoms with Crippen molar-refractivity contribution in [2.75, 3.05) is 25.0 Å². The maximum atomic E-state index is 4.68. The van der Waals surface area contributed by atoms with Crippen LogP contribution in [0.15, 0.2) is 48.8 Å². The first-order chi connectivity index (χ1) is 15.6. The van der Waals surface area contributed by atoms with Gasteiger partial charge in [-0.15, -0.1) is 10.2 Å². The van der Waals surface area contributed by atoms with E-state index in [1.165, 1.54) is 5.56 Å². The van der Waals surface area contributed by atoms with E-state index < -0.39 is 0 Å². The maximum absolute atomic E-state index is 4.68. The molecule has 4 aromatic rings. The third-order valence-corrected chi connectivity index (χ3v) is 6.54. The minimum Gasteiger partial charge on any atom is -0.354 e. The van der Waals surface area contributed by atoms with E-state index >= 15 is 0 Å². The minimum absolute atomic E-state index is 0.514. The van der Waals surface area contributed by atoms with Crippen LogP contribution >= 0.6 is 0 Å². The molecule has 0 bridgehead atoms. The van der Waals surface area contributed by atoms with Gasteiger partial charge in [0.05, 0.1) is 11.4 Å². The molecule has 0 unspecified atom stereocenters. The van der Waals surface area contributed by atoms with Crippen LogP contribution in [0, 0.1) is 6.92 Å². The number of hydrogen-bond donors (Lipinski definition) is 0. The molecule has 1 fully saturated rings. The molecule has 4 heterocycles. The topological polar surface area (TPSA) is 75.9 Å². The van der Waals surface area contributed by atoms with Gasteiger partial charge >= 0.3 is 0 Å². The van der Waals surface area contributed by atoms with Crippen LogP contribution in [-0.2, 0) is 13.6 Å². The van der Waals surface area contributed by atoms with Crippen LogP contribution in [-0.4, -0.2) is 61.3 Å². The van der Waals surface area contributed by atoms with Gasteiger partial charge in [-0.05, 0) is 44.5 Å². The standard InChI is InChI=1S/C24H28N8/c1-17-8-12-25-27-21(17)16-30(2)18-10-14-32(15-11-18)24-20-7-5-4-6-19(20)23(28-29-24)22-9-13-26-31(22)3/h4-9,12-13,18H,10-11,14-16H2,1-3H3. The second kappa shape index (κ2) is 8.63. The largest absolute Gasteiger partial charge is 0.354 e. The SMILES string of the molecule is Cc1ccnnc1CN(C)C1CCN(c2nnc(-c3ccnn3C)c3ccccc23)CC1. The Labute approximate surface area is 187 Å². The molecule has 1 aliphatic heterocycles. The van der Waals surface area contributed by atoms with Gasteiger partial charge in [0.25, 0.3) is 0 Å². The first-order valence-corrected chi connectivity index (χ1v) is 11.1. The lowest BCUT2D eigenvalue weighted by Crippen LogP contribution is -2.43. The highest BCUT2D eigenvalue weighted by Gasteiger charge is 2.26. The fourth-order valence-corrected chi connectivity index (χ4v) is 4.58. The zero-order chi connectivity index (χ0) is 22.1. The number of anilines is 1. The number of fused-ring (bicyclic) bond motifs is 1. The predicted molar refractivity (Wildman–Crippen MR) is 125 cm³/mol. The summed E-state index contributed by atoms with van der Waals surface area (Å²) in [6.07, 6.45) is 5.70. The van der Waals surface area contributed by atoms with Crippen molar-refractivity contribution in [1.82, 2.24) is 35.1 Å². The van der Waals surface area contributed by atoms with E-state index in [4.69, 9.17) is 0 Å². The third-order valence-electron chi connectivity index (χ3n) is 6.54. The van der Waals surface area contributed by atoms with Crippen molar-refractivity contribution in [3.63, 3.8) is 0 Å². The average Bonchev–Trinajstić information content (AvgIpc) is 3.25. The molecule has 1 aliphatic rings. The molecule has 0 aliphatic carbocycles. The van der Waals surface area contributed by atoms with Crippen LogP contribution < -0.4 is 4.90 Å². The van der Waals surface area contributed by atoms with Crippen LogP contribution in [0.3, 0.4) is 0 Å². The molecule has 164 valence electrons. The van der Waals surface area contributed by atoms with E-state index in [2.05, 4.69) is 73.5 Å². The number of hydrogen-bond acceptors (Lipinski definition) is 7. The quantitative estimate of drug-likeness (QED) is 0.483. The Morgan fingerprint density at radius 3 is 2.47 bits per heavy atom. The highest BCUT2D eigenvalue weighted by molar-refractivity contribution is 5.99. The van der Waals surface area contributed by atoms with Crippen molar-refractivity contribution in [1.29, 1.82) is 0 Å². The molecule has 0 N–H and O–H groups in total. The van der Waals surface area contributed by atoms with Crippen molar-refractivity contribution in [2.24, 2.45) is 7.05 Å². The summed E-state index contributed by atoms with van der Waals surface area (Å²) in [6, 6.07) is 12.9. The van der Waals surface area contributed by atoms with Gasteiger partial charge in [-0.25, -0.2) is 0 Å². The van der Waals surface area contributed by atoms with Gasteiger partial charge in [-0.3, -0.25) is 9.58 Å². The molecule has 32 heavy (non-hydrogen) atoms. The maximum Gasteiger partial charge on any atom is 0.159 e. The van der Waals surface area contributed by atoms with Gasteiger partial charge in [-0.2, -0.15) is 15.3 Å². The van der Waals surface area contributed by atoms with E-state index in [1.807, 2.05) is 23.9 Å². The van der Waals surface area contributed by atoms with Crippen molar-refractivity contribution in [2.45, 2.75) is 32.4 Å². The zero-order valence-electron chi connectivity index (χ0n) is 18.8. The second-order valence-electron chi connectivity index (χ2n) is 8.55. The first-order valence-electron chi connectivity index (χ1n) is 11.1. The number of aryl methyl sites for hydroxylation is 2. The first kappa shape index (κ1) is 20.5. The molecule has 5 rings (SSSR count). The summed E-state index contributed by atoms with van der Waals surface area (Å²) in [5.41, 5.74) is 4.10. The van der Waals surface area contributed by atoms with E-state index in [1.54, 1.807) is 12.4 Å². The number of nitrogens with zero attached hydrogens (tertiary/aromatic N) is 8. The van der Waals surface area contributed by atoms with Gasteiger partial charge in [0.15, 0.2) is 5.82 Å². The highest BCUT2D eigenvalue weighted by atomic mass is 15.3. The van der Waals surface area contributed by atoms with Crippen LogP contribution in [0.1, 0.15) is 24.1 Å². The lowest BCUT2D eigenvalue weighted by atomic mass is 10.0.